The molecule has 2 aliphatic carbocycles. The van der Waals surface area contributed by atoms with E-state index in [1.165, 1.54) is 0 Å². The van der Waals surface area contributed by atoms with Crippen molar-refractivity contribution in [3.8, 4) is 0 Å². The molecule has 2 aliphatic rings. The maximum atomic E-state index is 11.2. The lowest BCUT2D eigenvalue weighted by Gasteiger charge is -2.04. The maximum Gasteiger partial charge on any atom is 0.191 e. The summed E-state index contributed by atoms with van der Waals surface area (Å²) in [6, 6.07) is 0. The van der Waals surface area contributed by atoms with Gasteiger partial charge >= 0.3 is 0 Å². The van der Waals surface area contributed by atoms with Gasteiger partial charge in [0.25, 0.3) is 0 Å². The first kappa shape index (κ1) is 6.80. The number of Topliss-reactive ketones (excluding diaryl/α,β-unsaturated/α-hetero) is 1. The van der Waals surface area contributed by atoms with Gasteiger partial charge in [-0.2, -0.15) is 0 Å². The van der Waals surface area contributed by atoms with Gasteiger partial charge in [0, 0.05) is 12.0 Å². The Labute approximate surface area is 65.2 Å². The molecule has 2 rings (SSSR count). The largest absolute Gasteiger partial charge is 0.385 e. The SMILES string of the molecule is O=C1C2=C(CCC=C2)CC1O. The van der Waals surface area contributed by atoms with E-state index in [1.807, 2.05) is 12.2 Å². The number of rotatable bonds is 0. The Balaban J connectivity index is 2.35. The van der Waals surface area contributed by atoms with Crippen LogP contribution in [0.4, 0.5) is 0 Å². The average Bonchev–Trinajstić information content (AvgIpc) is 2.30. The van der Waals surface area contributed by atoms with E-state index < -0.39 is 6.10 Å². The minimum atomic E-state index is -0.747. The van der Waals surface area contributed by atoms with Crippen LogP contribution in [0.5, 0.6) is 0 Å². The predicted molar refractivity (Wildman–Crippen MR) is 41.0 cm³/mol. The normalized spacial score (nSPS) is 29.5. The minimum Gasteiger partial charge on any atom is -0.385 e. The van der Waals surface area contributed by atoms with Crippen molar-refractivity contribution < 1.29 is 9.90 Å². The topological polar surface area (TPSA) is 37.3 Å². The summed E-state index contributed by atoms with van der Waals surface area (Å²) in [6.45, 7) is 0. The Morgan fingerprint density at radius 1 is 1.55 bits per heavy atom. The zero-order valence-electron chi connectivity index (χ0n) is 6.21. The van der Waals surface area contributed by atoms with Crippen LogP contribution in [0.15, 0.2) is 23.3 Å². The van der Waals surface area contributed by atoms with Crippen LogP contribution in [0, 0.1) is 0 Å². The molecule has 0 saturated heterocycles. The Morgan fingerprint density at radius 3 is 3.09 bits per heavy atom. The number of aliphatic hydroxyl groups excluding tert-OH is 1. The number of carbonyl (C=O) groups excluding carboxylic acids is 1. The molecule has 0 spiro atoms. The van der Waals surface area contributed by atoms with Crippen LogP contribution < -0.4 is 0 Å². The summed E-state index contributed by atoms with van der Waals surface area (Å²) in [5.74, 6) is -0.0871. The lowest BCUT2D eigenvalue weighted by Crippen LogP contribution is -2.14. The highest BCUT2D eigenvalue weighted by molar-refractivity contribution is 6.04. The Morgan fingerprint density at radius 2 is 2.36 bits per heavy atom. The molecule has 0 amide bonds. The van der Waals surface area contributed by atoms with Crippen LogP contribution in [0.2, 0.25) is 0 Å². The van der Waals surface area contributed by atoms with Gasteiger partial charge in [-0.3, -0.25) is 4.79 Å². The molecule has 58 valence electrons. The fraction of sp³-hybridized carbons (Fsp3) is 0.444. The Hall–Kier alpha value is -0.890. The molecule has 1 atom stereocenters. The second-order valence-corrected chi connectivity index (χ2v) is 3.04. The van der Waals surface area contributed by atoms with E-state index in [-0.39, 0.29) is 5.78 Å². The third-order valence-electron chi connectivity index (χ3n) is 2.29. The van der Waals surface area contributed by atoms with E-state index in [9.17, 15) is 9.90 Å². The summed E-state index contributed by atoms with van der Waals surface area (Å²) in [7, 11) is 0. The molecule has 0 aliphatic heterocycles. The van der Waals surface area contributed by atoms with Crippen molar-refractivity contribution in [2.45, 2.75) is 25.4 Å². The molecule has 0 aromatic heterocycles. The molecule has 2 heteroatoms. The van der Waals surface area contributed by atoms with Crippen LogP contribution in [-0.2, 0) is 4.79 Å². The first-order valence-electron chi connectivity index (χ1n) is 3.90. The lowest BCUT2D eigenvalue weighted by atomic mass is 10.0. The zero-order chi connectivity index (χ0) is 7.84. The number of hydrogen-bond donors (Lipinski definition) is 1. The quantitative estimate of drug-likeness (QED) is 0.558. The van der Waals surface area contributed by atoms with Gasteiger partial charge in [0.15, 0.2) is 5.78 Å². The minimum absolute atomic E-state index is 0.0871. The second kappa shape index (κ2) is 2.31. The molecule has 0 bridgehead atoms. The molecule has 0 fully saturated rings. The third kappa shape index (κ3) is 0.942. The molecule has 2 nitrogen and oxygen atoms in total. The van der Waals surface area contributed by atoms with Crippen molar-refractivity contribution in [1.82, 2.24) is 0 Å². The van der Waals surface area contributed by atoms with Crippen LogP contribution in [-0.4, -0.2) is 17.0 Å². The molecular weight excluding hydrogens is 140 g/mol. The third-order valence-corrected chi connectivity index (χ3v) is 2.29. The van der Waals surface area contributed by atoms with E-state index in [1.54, 1.807) is 0 Å². The fourth-order valence-electron chi connectivity index (χ4n) is 1.69. The molecule has 0 saturated carbocycles. The summed E-state index contributed by atoms with van der Waals surface area (Å²) < 4.78 is 0. The van der Waals surface area contributed by atoms with Crippen LogP contribution in [0.3, 0.4) is 0 Å². The first-order valence-corrected chi connectivity index (χ1v) is 3.90. The van der Waals surface area contributed by atoms with Gasteiger partial charge in [-0.25, -0.2) is 0 Å². The molecule has 0 aromatic carbocycles. The average molecular weight is 150 g/mol. The number of aliphatic hydroxyl groups is 1. The molecule has 1 unspecified atom stereocenters. The zero-order valence-corrected chi connectivity index (χ0v) is 6.21. The van der Waals surface area contributed by atoms with Crippen molar-refractivity contribution in [2.24, 2.45) is 0 Å². The monoisotopic (exact) mass is 150 g/mol. The number of ketones is 1. The van der Waals surface area contributed by atoms with E-state index in [2.05, 4.69) is 0 Å². The van der Waals surface area contributed by atoms with Crippen molar-refractivity contribution in [2.75, 3.05) is 0 Å². The number of hydrogen-bond acceptors (Lipinski definition) is 2. The van der Waals surface area contributed by atoms with Gasteiger partial charge in [0.05, 0.1) is 0 Å². The van der Waals surface area contributed by atoms with E-state index >= 15 is 0 Å². The summed E-state index contributed by atoms with van der Waals surface area (Å²) in [5, 5.41) is 9.20. The highest BCUT2D eigenvalue weighted by Gasteiger charge is 2.30. The highest BCUT2D eigenvalue weighted by Crippen LogP contribution is 2.30. The number of allylic oxidation sites excluding steroid dienone is 2. The second-order valence-electron chi connectivity index (χ2n) is 3.04. The van der Waals surface area contributed by atoms with Crippen molar-refractivity contribution in [1.29, 1.82) is 0 Å². The molecule has 0 aromatic rings. The molecule has 11 heavy (non-hydrogen) atoms. The maximum absolute atomic E-state index is 11.2. The Kier molecular flexibility index (Phi) is 1.43. The smallest absolute Gasteiger partial charge is 0.191 e. The molecule has 0 radical (unpaired) electrons. The molecular formula is C9H10O2. The summed E-state index contributed by atoms with van der Waals surface area (Å²) in [4.78, 5) is 11.2. The first-order chi connectivity index (χ1) is 5.29. The standard InChI is InChI=1S/C9H10O2/c10-8-5-6-3-1-2-4-7(6)9(8)11/h2,4,8,10H,1,3,5H2. The highest BCUT2D eigenvalue weighted by atomic mass is 16.3. The fourth-order valence-corrected chi connectivity index (χ4v) is 1.69. The van der Waals surface area contributed by atoms with Crippen molar-refractivity contribution in [3.63, 3.8) is 0 Å². The van der Waals surface area contributed by atoms with Gasteiger partial charge < -0.3 is 5.11 Å². The van der Waals surface area contributed by atoms with Gasteiger partial charge in [0.2, 0.25) is 0 Å². The molecule has 0 heterocycles. The van der Waals surface area contributed by atoms with E-state index in [4.69, 9.17) is 0 Å². The van der Waals surface area contributed by atoms with E-state index in [0.717, 1.165) is 24.0 Å². The molecule has 1 N–H and O–H groups in total. The van der Waals surface area contributed by atoms with Crippen molar-refractivity contribution in [3.05, 3.63) is 23.3 Å². The van der Waals surface area contributed by atoms with Gasteiger partial charge in [-0.1, -0.05) is 17.7 Å². The van der Waals surface area contributed by atoms with Crippen LogP contribution >= 0.6 is 0 Å². The summed E-state index contributed by atoms with van der Waals surface area (Å²) >= 11 is 0. The summed E-state index contributed by atoms with van der Waals surface area (Å²) in [5.41, 5.74) is 1.91. The van der Waals surface area contributed by atoms with Gasteiger partial charge in [-0.05, 0) is 12.8 Å². The van der Waals surface area contributed by atoms with Gasteiger partial charge in [0.1, 0.15) is 6.10 Å². The Bertz CT molecular complexity index is 261. The van der Waals surface area contributed by atoms with Crippen LogP contribution in [0.25, 0.3) is 0 Å². The predicted octanol–water partition coefficient (Wildman–Crippen LogP) is 0.967. The van der Waals surface area contributed by atoms with Crippen LogP contribution in [0.1, 0.15) is 19.3 Å². The van der Waals surface area contributed by atoms with E-state index in [0.29, 0.717) is 6.42 Å². The van der Waals surface area contributed by atoms with Crippen molar-refractivity contribution >= 4 is 5.78 Å². The lowest BCUT2D eigenvalue weighted by molar-refractivity contribution is -0.121. The summed E-state index contributed by atoms with van der Waals surface area (Å²) in [6.07, 6.45) is 5.63. The van der Waals surface area contributed by atoms with Gasteiger partial charge in [-0.15, -0.1) is 0 Å². The number of carbonyl (C=O) groups is 1.